The maximum absolute atomic E-state index is 11.8. The molecule has 0 aliphatic rings. The number of nitrogens with zero attached hydrogens (tertiary/aromatic N) is 2. The monoisotopic (exact) mass is 476 g/mol. The first-order valence-corrected chi connectivity index (χ1v) is 10.9. The average molecular weight is 477 g/mol. The average Bonchev–Trinajstić information content (AvgIpc) is 2.79. The van der Waals surface area contributed by atoms with Gasteiger partial charge in [0.05, 0.1) is 24.1 Å². The lowest BCUT2D eigenvalue weighted by Crippen LogP contribution is -2.07. The molecule has 31 heavy (non-hydrogen) atoms. The zero-order valence-electron chi connectivity index (χ0n) is 17.0. The van der Waals surface area contributed by atoms with Crippen molar-refractivity contribution in [3.05, 3.63) is 83.0 Å². The molecule has 1 heterocycles. The number of aryl methyl sites for hydroxylation is 1. The number of carbonyl (C=O) groups excluding carboxylic acids is 1. The minimum atomic E-state index is -0.265. The summed E-state index contributed by atoms with van der Waals surface area (Å²) < 4.78 is 12.1. The highest BCUT2D eigenvalue weighted by molar-refractivity contribution is 9.10. The topological polar surface area (TPSA) is 61.3 Å². The van der Waals surface area contributed by atoms with E-state index in [4.69, 9.17) is 14.5 Å². The van der Waals surface area contributed by atoms with Crippen LogP contribution in [0.15, 0.2) is 77.3 Å². The molecular formula is C25H21BrN2O3. The number of aromatic nitrogens is 2. The quantitative estimate of drug-likeness (QED) is 0.291. The SMILES string of the molecule is CCOC(=O)CCc1nc2ccc(Br)cc2nc1Oc1ccc(-c2ccccc2)cc1. The summed E-state index contributed by atoms with van der Waals surface area (Å²) in [6, 6.07) is 23.7. The summed E-state index contributed by atoms with van der Waals surface area (Å²) in [5, 5.41) is 0. The van der Waals surface area contributed by atoms with E-state index < -0.39 is 0 Å². The number of hydrogen-bond acceptors (Lipinski definition) is 5. The van der Waals surface area contributed by atoms with Gasteiger partial charge in [-0.25, -0.2) is 9.97 Å². The maximum atomic E-state index is 11.8. The van der Waals surface area contributed by atoms with Gasteiger partial charge in [-0.15, -0.1) is 0 Å². The molecule has 0 saturated carbocycles. The number of carbonyl (C=O) groups is 1. The van der Waals surface area contributed by atoms with Crippen molar-refractivity contribution < 1.29 is 14.3 Å². The molecule has 0 atom stereocenters. The smallest absolute Gasteiger partial charge is 0.306 e. The van der Waals surface area contributed by atoms with E-state index in [0.29, 0.717) is 35.9 Å². The highest BCUT2D eigenvalue weighted by atomic mass is 79.9. The minimum Gasteiger partial charge on any atom is -0.466 e. The lowest BCUT2D eigenvalue weighted by Gasteiger charge is -2.12. The van der Waals surface area contributed by atoms with Crippen LogP contribution in [0.5, 0.6) is 11.6 Å². The van der Waals surface area contributed by atoms with Crippen LogP contribution in [0.25, 0.3) is 22.2 Å². The van der Waals surface area contributed by atoms with E-state index in [1.54, 1.807) is 6.92 Å². The number of ether oxygens (including phenoxy) is 2. The van der Waals surface area contributed by atoms with Crippen molar-refractivity contribution in [2.24, 2.45) is 0 Å². The molecule has 6 heteroatoms. The molecule has 0 spiro atoms. The molecule has 4 aromatic rings. The molecule has 3 aromatic carbocycles. The zero-order chi connectivity index (χ0) is 21.6. The molecule has 156 valence electrons. The van der Waals surface area contributed by atoms with Crippen LogP contribution in [-0.4, -0.2) is 22.5 Å². The van der Waals surface area contributed by atoms with Gasteiger partial charge in [-0.2, -0.15) is 0 Å². The summed E-state index contributed by atoms with van der Waals surface area (Å²) in [5.74, 6) is 0.779. The molecule has 0 bridgehead atoms. The van der Waals surface area contributed by atoms with Crippen molar-refractivity contribution in [3.63, 3.8) is 0 Å². The molecule has 0 fully saturated rings. The van der Waals surface area contributed by atoms with Crippen LogP contribution in [0, 0.1) is 0 Å². The Morgan fingerprint density at radius 2 is 1.65 bits per heavy atom. The molecule has 4 rings (SSSR count). The molecule has 0 saturated heterocycles. The van der Waals surface area contributed by atoms with E-state index in [0.717, 1.165) is 21.1 Å². The maximum Gasteiger partial charge on any atom is 0.306 e. The lowest BCUT2D eigenvalue weighted by molar-refractivity contribution is -0.143. The first-order chi connectivity index (χ1) is 15.1. The molecule has 1 aromatic heterocycles. The molecule has 0 aliphatic heterocycles. The summed E-state index contributed by atoms with van der Waals surface area (Å²) in [6.45, 7) is 2.15. The molecule has 0 radical (unpaired) electrons. The summed E-state index contributed by atoms with van der Waals surface area (Å²) in [6.07, 6.45) is 0.600. The van der Waals surface area contributed by atoms with Gasteiger partial charge in [0.1, 0.15) is 11.4 Å². The Morgan fingerprint density at radius 3 is 2.39 bits per heavy atom. The fraction of sp³-hybridized carbons (Fsp3) is 0.160. The Bertz CT molecular complexity index is 1190. The number of hydrogen-bond donors (Lipinski definition) is 0. The van der Waals surface area contributed by atoms with Gasteiger partial charge in [-0.1, -0.05) is 58.4 Å². The second-order valence-corrected chi connectivity index (χ2v) is 7.82. The first kappa shape index (κ1) is 21.0. The highest BCUT2D eigenvalue weighted by Crippen LogP contribution is 2.29. The Labute approximate surface area is 189 Å². The van der Waals surface area contributed by atoms with Crippen LogP contribution in [0.4, 0.5) is 0 Å². The third-order valence-corrected chi connectivity index (χ3v) is 5.20. The predicted molar refractivity (Wildman–Crippen MR) is 124 cm³/mol. The van der Waals surface area contributed by atoms with Crippen LogP contribution in [-0.2, 0) is 16.0 Å². The van der Waals surface area contributed by atoms with Gasteiger partial charge in [0, 0.05) is 10.9 Å². The van der Waals surface area contributed by atoms with E-state index in [1.807, 2.05) is 60.7 Å². The second-order valence-electron chi connectivity index (χ2n) is 6.91. The third kappa shape index (κ3) is 5.27. The largest absolute Gasteiger partial charge is 0.466 e. The van der Waals surface area contributed by atoms with E-state index in [-0.39, 0.29) is 12.4 Å². The fourth-order valence-electron chi connectivity index (χ4n) is 3.20. The standard InChI is InChI=1S/C25H21BrN2O3/c1-2-30-24(29)15-14-22-25(28-23-16-19(26)10-13-21(23)27-22)31-20-11-8-18(9-12-20)17-6-4-3-5-7-17/h3-13,16H,2,14-15H2,1H3. The second kappa shape index (κ2) is 9.71. The number of rotatable bonds is 7. The van der Waals surface area contributed by atoms with E-state index in [2.05, 4.69) is 33.0 Å². The molecule has 0 unspecified atom stereocenters. The lowest BCUT2D eigenvalue weighted by atomic mass is 10.1. The van der Waals surface area contributed by atoms with Crippen molar-refractivity contribution in [1.82, 2.24) is 9.97 Å². The highest BCUT2D eigenvalue weighted by Gasteiger charge is 2.14. The van der Waals surface area contributed by atoms with Gasteiger partial charge in [0.2, 0.25) is 5.88 Å². The van der Waals surface area contributed by atoms with Crippen molar-refractivity contribution in [2.75, 3.05) is 6.61 Å². The Balaban J connectivity index is 1.62. The number of benzene rings is 3. The zero-order valence-corrected chi connectivity index (χ0v) is 18.6. The van der Waals surface area contributed by atoms with Crippen LogP contribution in [0.1, 0.15) is 19.0 Å². The van der Waals surface area contributed by atoms with Crippen LogP contribution >= 0.6 is 15.9 Å². The number of fused-ring (bicyclic) bond motifs is 1. The normalized spacial score (nSPS) is 10.8. The summed E-state index contributed by atoms with van der Waals surface area (Å²) in [4.78, 5) is 21.2. The third-order valence-electron chi connectivity index (χ3n) is 4.71. The van der Waals surface area contributed by atoms with Gasteiger partial charge in [0.25, 0.3) is 0 Å². The molecule has 5 nitrogen and oxygen atoms in total. The van der Waals surface area contributed by atoms with Crippen LogP contribution < -0.4 is 4.74 Å². The van der Waals surface area contributed by atoms with Gasteiger partial charge in [0.15, 0.2) is 0 Å². The van der Waals surface area contributed by atoms with E-state index >= 15 is 0 Å². The van der Waals surface area contributed by atoms with Crippen molar-refractivity contribution in [3.8, 4) is 22.8 Å². The Hall–Kier alpha value is -3.25. The molecular weight excluding hydrogens is 456 g/mol. The van der Waals surface area contributed by atoms with Gasteiger partial charge >= 0.3 is 5.97 Å². The minimum absolute atomic E-state index is 0.216. The van der Waals surface area contributed by atoms with Crippen LogP contribution in [0.3, 0.4) is 0 Å². The Kier molecular flexibility index (Phi) is 6.57. The van der Waals surface area contributed by atoms with Crippen molar-refractivity contribution in [2.45, 2.75) is 19.8 Å². The predicted octanol–water partition coefficient (Wildman–Crippen LogP) is 6.35. The molecule has 0 aliphatic carbocycles. The molecule has 0 N–H and O–H groups in total. The number of esters is 1. The Morgan fingerprint density at radius 1 is 0.903 bits per heavy atom. The van der Waals surface area contributed by atoms with Crippen LogP contribution in [0.2, 0.25) is 0 Å². The summed E-state index contributed by atoms with van der Waals surface area (Å²) >= 11 is 3.47. The van der Waals surface area contributed by atoms with E-state index in [1.165, 1.54) is 0 Å². The van der Waals surface area contributed by atoms with E-state index in [9.17, 15) is 4.79 Å². The van der Waals surface area contributed by atoms with Gasteiger partial charge in [-0.3, -0.25) is 4.79 Å². The van der Waals surface area contributed by atoms with Gasteiger partial charge in [-0.05, 0) is 48.4 Å². The van der Waals surface area contributed by atoms with Crippen molar-refractivity contribution in [1.29, 1.82) is 0 Å². The summed E-state index contributed by atoms with van der Waals surface area (Å²) in [5.41, 5.74) is 4.32. The fourth-order valence-corrected chi connectivity index (χ4v) is 3.55. The first-order valence-electron chi connectivity index (χ1n) is 10.1. The summed E-state index contributed by atoms with van der Waals surface area (Å²) in [7, 11) is 0. The molecule has 0 amide bonds. The van der Waals surface area contributed by atoms with Crippen molar-refractivity contribution >= 4 is 32.9 Å². The number of halogens is 1. The van der Waals surface area contributed by atoms with Gasteiger partial charge < -0.3 is 9.47 Å².